The van der Waals surface area contributed by atoms with Gasteiger partial charge in [-0.2, -0.15) is 0 Å². The van der Waals surface area contributed by atoms with Crippen molar-refractivity contribution < 1.29 is 4.92 Å². The maximum Gasteiger partial charge on any atom is 0.271 e. The lowest BCUT2D eigenvalue weighted by molar-refractivity contribution is -0.384. The maximum atomic E-state index is 10.6. The zero-order chi connectivity index (χ0) is 14.0. The number of nitrogens with zero attached hydrogens (tertiary/aromatic N) is 2. The summed E-state index contributed by atoms with van der Waals surface area (Å²) in [5.74, 6) is 0. The number of nitro groups is 1. The van der Waals surface area contributed by atoms with Gasteiger partial charge >= 0.3 is 0 Å². The highest BCUT2D eigenvalue weighted by Gasteiger charge is 2.38. The van der Waals surface area contributed by atoms with Crippen LogP contribution in [0.1, 0.15) is 19.3 Å². The monoisotopic (exact) mass is 264 g/mol. The SMILES string of the molecule is CN(C)C1(CNc2ccc([N+](=O)[O-])cc2N)CCC1. The number of benzene rings is 1. The lowest BCUT2D eigenvalue weighted by atomic mass is 9.75. The second kappa shape index (κ2) is 5.05. The summed E-state index contributed by atoms with van der Waals surface area (Å²) in [5.41, 5.74) is 7.24. The number of nitrogens with two attached hydrogens (primary N) is 1. The van der Waals surface area contributed by atoms with Gasteiger partial charge in [0.15, 0.2) is 0 Å². The number of anilines is 2. The molecule has 0 heterocycles. The topological polar surface area (TPSA) is 84.4 Å². The molecule has 1 aliphatic rings. The number of hydrogen-bond acceptors (Lipinski definition) is 5. The highest BCUT2D eigenvalue weighted by atomic mass is 16.6. The molecule has 0 atom stereocenters. The molecule has 0 aromatic heterocycles. The van der Waals surface area contributed by atoms with Gasteiger partial charge in [-0.1, -0.05) is 0 Å². The number of nitrogen functional groups attached to an aromatic ring is 1. The molecule has 104 valence electrons. The van der Waals surface area contributed by atoms with Crippen LogP contribution in [0, 0.1) is 10.1 Å². The van der Waals surface area contributed by atoms with Crippen LogP contribution < -0.4 is 11.1 Å². The number of nitrogens with one attached hydrogen (secondary N) is 1. The number of hydrogen-bond donors (Lipinski definition) is 2. The Morgan fingerprint density at radius 2 is 2.16 bits per heavy atom. The van der Waals surface area contributed by atoms with Crippen LogP contribution in [-0.2, 0) is 0 Å². The van der Waals surface area contributed by atoms with Crippen molar-refractivity contribution in [2.45, 2.75) is 24.8 Å². The molecule has 0 spiro atoms. The van der Waals surface area contributed by atoms with Crippen molar-refractivity contribution in [2.75, 3.05) is 31.7 Å². The van der Waals surface area contributed by atoms with E-state index in [4.69, 9.17) is 5.73 Å². The molecule has 0 saturated heterocycles. The Kier molecular flexibility index (Phi) is 3.61. The van der Waals surface area contributed by atoms with Crippen LogP contribution in [0.2, 0.25) is 0 Å². The first-order valence-electron chi connectivity index (χ1n) is 6.40. The minimum atomic E-state index is -0.437. The van der Waals surface area contributed by atoms with Crippen LogP contribution >= 0.6 is 0 Å². The summed E-state index contributed by atoms with van der Waals surface area (Å²) in [4.78, 5) is 12.5. The second-order valence-electron chi connectivity index (χ2n) is 5.35. The summed E-state index contributed by atoms with van der Waals surface area (Å²) >= 11 is 0. The second-order valence-corrected chi connectivity index (χ2v) is 5.35. The van der Waals surface area contributed by atoms with E-state index < -0.39 is 4.92 Å². The molecule has 19 heavy (non-hydrogen) atoms. The lowest BCUT2D eigenvalue weighted by Gasteiger charge is -2.47. The van der Waals surface area contributed by atoms with E-state index in [2.05, 4.69) is 24.3 Å². The van der Waals surface area contributed by atoms with Gasteiger partial charge in [0.1, 0.15) is 0 Å². The molecule has 0 unspecified atom stereocenters. The van der Waals surface area contributed by atoms with Crippen molar-refractivity contribution in [3.05, 3.63) is 28.3 Å². The third-order valence-electron chi connectivity index (χ3n) is 4.09. The van der Waals surface area contributed by atoms with Crippen molar-refractivity contribution in [1.82, 2.24) is 4.90 Å². The largest absolute Gasteiger partial charge is 0.397 e. The van der Waals surface area contributed by atoms with Gasteiger partial charge in [-0.25, -0.2) is 0 Å². The molecule has 0 bridgehead atoms. The molecule has 0 radical (unpaired) electrons. The van der Waals surface area contributed by atoms with Crippen LogP contribution in [0.3, 0.4) is 0 Å². The van der Waals surface area contributed by atoms with Crippen LogP contribution in [0.15, 0.2) is 18.2 Å². The standard InChI is InChI=1S/C13H20N4O2/c1-16(2)13(6-3-7-13)9-15-12-5-4-10(17(18)19)8-11(12)14/h4-5,8,15H,3,6-7,9,14H2,1-2H3. The average Bonchev–Trinajstić information content (AvgIpc) is 2.28. The van der Waals surface area contributed by atoms with Crippen molar-refractivity contribution in [3.63, 3.8) is 0 Å². The van der Waals surface area contributed by atoms with E-state index in [-0.39, 0.29) is 11.2 Å². The molecule has 3 N–H and O–H groups in total. The lowest BCUT2D eigenvalue weighted by Crippen LogP contribution is -2.54. The Hall–Kier alpha value is -1.82. The predicted molar refractivity (Wildman–Crippen MR) is 76.3 cm³/mol. The van der Waals surface area contributed by atoms with E-state index in [1.807, 2.05) is 0 Å². The first-order valence-corrected chi connectivity index (χ1v) is 6.40. The summed E-state index contributed by atoms with van der Waals surface area (Å²) < 4.78 is 0. The Labute approximate surface area is 112 Å². The molecule has 0 aliphatic heterocycles. The smallest absolute Gasteiger partial charge is 0.271 e. The fraction of sp³-hybridized carbons (Fsp3) is 0.538. The van der Waals surface area contributed by atoms with E-state index in [1.54, 1.807) is 6.07 Å². The Bertz CT molecular complexity index is 484. The summed E-state index contributed by atoms with van der Waals surface area (Å²) in [6.07, 6.45) is 3.58. The van der Waals surface area contributed by atoms with Gasteiger partial charge in [-0.3, -0.25) is 10.1 Å². The number of nitro benzene ring substituents is 1. The summed E-state index contributed by atoms with van der Waals surface area (Å²) in [7, 11) is 4.17. The zero-order valence-electron chi connectivity index (χ0n) is 11.3. The molecule has 1 aliphatic carbocycles. The quantitative estimate of drug-likeness (QED) is 0.483. The number of rotatable bonds is 5. The van der Waals surface area contributed by atoms with Gasteiger partial charge in [-0.05, 0) is 39.4 Å². The van der Waals surface area contributed by atoms with Gasteiger partial charge in [0.25, 0.3) is 5.69 Å². The molecule has 1 fully saturated rings. The summed E-state index contributed by atoms with van der Waals surface area (Å²) in [5, 5.41) is 14.0. The molecule has 1 aromatic carbocycles. The minimum Gasteiger partial charge on any atom is -0.397 e. The molecular weight excluding hydrogens is 244 g/mol. The molecular formula is C13H20N4O2. The first kappa shape index (κ1) is 13.6. The molecule has 1 aromatic rings. The Morgan fingerprint density at radius 1 is 1.47 bits per heavy atom. The van der Waals surface area contributed by atoms with Crippen molar-refractivity contribution in [2.24, 2.45) is 0 Å². The van der Waals surface area contributed by atoms with E-state index in [0.717, 1.165) is 12.2 Å². The van der Waals surface area contributed by atoms with E-state index in [1.165, 1.54) is 31.4 Å². The van der Waals surface area contributed by atoms with Crippen LogP contribution in [-0.4, -0.2) is 36.0 Å². The highest BCUT2D eigenvalue weighted by Crippen LogP contribution is 2.36. The number of non-ortho nitro benzene ring substituents is 1. The van der Waals surface area contributed by atoms with Crippen LogP contribution in [0.4, 0.5) is 17.1 Å². The third-order valence-corrected chi connectivity index (χ3v) is 4.09. The van der Waals surface area contributed by atoms with Crippen molar-refractivity contribution in [1.29, 1.82) is 0 Å². The van der Waals surface area contributed by atoms with Crippen molar-refractivity contribution >= 4 is 17.1 Å². The highest BCUT2D eigenvalue weighted by molar-refractivity contribution is 5.69. The fourth-order valence-corrected chi connectivity index (χ4v) is 2.45. The van der Waals surface area contributed by atoms with Crippen molar-refractivity contribution in [3.8, 4) is 0 Å². The zero-order valence-corrected chi connectivity index (χ0v) is 11.3. The van der Waals surface area contributed by atoms with E-state index in [9.17, 15) is 10.1 Å². The van der Waals surface area contributed by atoms with E-state index in [0.29, 0.717) is 5.69 Å². The molecule has 1 saturated carbocycles. The predicted octanol–water partition coefficient (Wildman–Crippen LogP) is 2.07. The van der Waals surface area contributed by atoms with E-state index >= 15 is 0 Å². The van der Waals surface area contributed by atoms with Crippen LogP contribution in [0.25, 0.3) is 0 Å². The Balaban J connectivity index is 2.06. The third kappa shape index (κ3) is 2.63. The summed E-state index contributed by atoms with van der Waals surface area (Å²) in [6.45, 7) is 0.808. The molecule has 6 heteroatoms. The average molecular weight is 264 g/mol. The molecule has 2 rings (SSSR count). The summed E-state index contributed by atoms with van der Waals surface area (Å²) in [6, 6.07) is 4.54. The molecule has 6 nitrogen and oxygen atoms in total. The maximum absolute atomic E-state index is 10.6. The normalized spacial score (nSPS) is 17.0. The van der Waals surface area contributed by atoms with Gasteiger partial charge in [0.2, 0.25) is 0 Å². The molecule has 0 amide bonds. The number of likely N-dealkylation sites (N-methyl/N-ethyl adjacent to an activating group) is 1. The first-order chi connectivity index (χ1) is 8.94. The van der Waals surface area contributed by atoms with Crippen LogP contribution in [0.5, 0.6) is 0 Å². The fourth-order valence-electron chi connectivity index (χ4n) is 2.45. The minimum absolute atomic E-state index is 0.0222. The Morgan fingerprint density at radius 3 is 2.58 bits per heavy atom. The van der Waals surface area contributed by atoms with Gasteiger partial charge < -0.3 is 16.0 Å². The van der Waals surface area contributed by atoms with Gasteiger partial charge in [0.05, 0.1) is 16.3 Å². The van der Waals surface area contributed by atoms with Gasteiger partial charge in [0, 0.05) is 24.2 Å². The van der Waals surface area contributed by atoms with Gasteiger partial charge in [-0.15, -0.1) is 0 Å².